The van der Waals surface area contributed by atoms with E-state index in [0.717, 1.165) is 12.8 Å². The third-order valence-electron chi connectivity index (χ3n) is 7.86. The Kier molecular flexibility index (Phi) is 12.4. The van der Waals surface area contributed by atoms with Crippen molar-refractivity contribution in [2.24, 2.45) is 0 Å². The first-order valence-electron chi connectivity index (χ1n) is 15.0. The molecule has 0 aliphatic carbocycles. The fourth-order valence-corrected chi connectivity index (χ4v) is 5.48. The van der Waals surface area contributed by atoms with E-state index in [4.69, 9.17) is 24.6 Å². The van der Waals surface area contributed by atoms with Crippen molar-refractivity contribution < 1.29 is 38.9 Å². The SMILES string of the molecule is COc1ccc(-c2cnc(N3CCC(NCCOc4ccc(C(=O)NO)cc4)CC3)c(C#N)c2-c2ccc(C#N)c(F)c2)cc1O.O=CO. The maximum atomic E-state index is 14.8. The number of nitrogens with one attached hydrogen (secondary N) is 2. The maximum absolute atomic E-state index is 14.8. The minimum atomic E-state index is -0.701. The number of aromatic nitrogens is 1. The zero-order valence-electron chi connectivity index (χ0n) is 26.4. The smallest absolute Gasteiger partial charge is 0.290 e. The molecule has 5 rings (SSSR count). The van der Waals surface area contributed by atoms with Crippen molar-refractivity contribution in [3.63, 3.8) is 0 Å². The van der Waals surface area contributed by atoms with Gasteiger partial charge in [0.15, 0.2) is 11.5 Å². The Morgan fingerprint density at radius 2 is 1.78 bits per heavy atom. The zero-order chi connectivity index (χ0) is 35.3. The Balaban J connectivity index is 0.00000174. The molecule has 0 bridgehead atoms. The number of halogens is 1. The number of anilines is 1. The van der Waals surface area contributed by atoms with Crippen molar-refractivity contribution in [3.8, 4) is 51.6 Å². The summed E-state index contributed by atoms with van der Waals surface area (Å²) in [5.74, 6) is -0.0238. The quantitative estimate of drug-likeness (QED) is 0.0688. The predicted molar refractivity (Wildman–Crippen MR) is 176 cm³/mol. The van der Waals surface area contributed by atoms with Crippen LogP contribution in [0, 0.1) is 28.5 Å². The predicted octanol–water partition coefficient (Wildman–Crippen LogP) is 4.47. The summed E-state index contributed by atoms with van der Waals surface area (Å²) in [4.78, 5) is 26.5. The van der Waals surface area contributed by atoms with Gasteiger partial charge >= 0.3 is 0 Å². The number of phenols is 1. The van der Waals surface area contributed by atoms with E-state index in [1.54, 1.807) is 54.1 Å². The highest BCUT2D eigenvalue weighted by molar-refractivity contribution is 5.93. The Bertz CT molecular complexity index is 1870. The van der Waals surface area contributed by atoms with Crippen LogP contribution in [0.2, 0.25) is 0 Å². The molecule has 5 N–H and O–H groups in total. The third kappa shape index (κ3) is 8.58. The number of benzene rings is 3. The Labute approximate surface area is 281 Å². The Morgan fingerprint density at radius 1 is 1.08 bits per heavy atom. The number of carboxylic acid groups (broad SMARTS) is 1. The van der Waals surface area contributed by atoms with Crippen LogP contribution in [0.3, 0.4) is 0 Å². The minimum absolute atomic E-state index is 0.0930. The van der Waals surface area contributed by atoms with Gasteiger partial charge in [-0.2, -0.15) is 10.5 Å². The molecule has 1 amide bonds. The molecule has 1 fully saturated rings. The molecule has 13 nitrogen and oxygen atoms in total. The van der Waals surface area contributed by atoms with E-state index in [1.165, 1.54) is 25.3 Å². The number of amides is 1. The van der Waals surface area contributed by atoms with Gasteiger partial charge in [-0.15, -0.1) is 0 Å². The molecule has 1 aliphatic rings. The molecule has 252 valence electrons. The van der Waals surface area contributed by atoms with Gasteiger partial charge in [0, 0.05) is 48.6 Å². The summed E-state index contributed by atoms with van der Waals surface area (Å²) in [5, 5.41) is 49.3. The first-order valence-corrected chi connectivity index (χ1v) is 15.0. The maximum Gasteiger partial charge on any atom is 0.290 e. The highest BCUT2D eigenvalue weighted by atomic mass is 19.1. The summed E-state index contributed by atoms with van der Waals surface area (Å²) < 4.78 is 25.7. The average Bonchev–Trinajstić information content (AvgIpc) is 3.13. The Hall–Kier alpha value is -6.22. The summed E-state index contributed by atoms with van der Waals surface area (Å²) in [7, 11) is 1.44. The fraction of sp³-hybridized carbons (Fsp3) is 0.229. The van der Waals surface area contributed by atoms with E-state index in [-0.39, 0.29) is 35.1 Å². The number of nitrogens with zero attached hydrogens (tertiary/aromatic N) is 4. The second kappa shape index (κ2) is 17.1. The molecule has 0 atom stereocenters. The number of rotatable bonds is 10. The number of hydrogen-bond acceptors (Lipinski definition) is 11. The normalized spacial score (nSPS) is 12.5. The van der Waals surface area contributed by atoms with Crippen molar-refractivity contribution in [2.45, 2.75) is 18.9 Å². The minimum Gasteiger partial charge on any atom is -0.504 e. The molecule has 49 heavy (non-hydrogen) atoms. The molecule has 2 heterocycles. The summed E-state index contributed by atoms with van der Waals surface area (Å²) in [6, 6.07) is 19.8. The standard InChI is InChI=1S/C34H31FN6O5.CH2O2/c1-45-31-9-6-22(17-30(31)42)28-20-39-33(27(19-37)32(28)23-2-3-24(18-36)29(35)16-23)41-13-10-25(11-14-41)38-12-15-46-26-7-4-21(5-8-26)34(43)40-44;2-1-3/h2-9,16-17,20,25,38,42,44H,10-15H2,1H3,(H,40,43);1H,(H,2,3). The molecular formula is C35H33FN6O7. The highest BCUT2D eigenvalue weighted by Crippen LogP contribution is 2.41. The van der Waals surface area contributed by atoms with Crippen molar-refractivity contribution >= 4 is 18.2 Å². The van der Waals surface area contributed by atoms with Crippen LogP contribution in [0.15, 0.2) is 66.9 Å². The number of ether oxygens (including phenoxy) is 2. The molecule has 14 heteroatoms. The molecule has 1 aromatic heterocycles. The average molecular weight is 669 g/mol. The van der Waals surface area contributed by atoms with Gasteiger partial charge in [0.25, 0.3) is 12.4 Å². The lowest BCUT2D eigenvalue weighted by Crippen LogP contribution is -2.44. The van der Waals surface area contributed by atoms with Gasteiger partial charge in [-0.3, -0.25) is 14.8 Å². The number of phenolic OH excluding ortho intramolecular Hbond substituents is 1. The van der Waals surface area contributed by atoms with E-state index in [0.29, 0.717) is 65.6 Å². The van der Waals surface area contributed by atoms with Gasteiger partial charge in [0.2, 0.25) is 0 Å². The van der Waals surface area contributed by atoms with Gasteiger partial charge in [-0.05, 0) is 72.5 Å². The first kappa shape index (κ1) is 35.6. The van der Waals surface area contributed by atoms with E-state index >= 15 is 0 Å². The summed E-state index contributed by atoms with van der Waals surface area (Å²) >= 11 is 0. The molecule has 1 aliphatic heterocycles. The van der Waals surface area contributed by atoms with E-state index in [2.05, 4.69) is 16.4 Å². The first-order chi connectivity index (χ1) is 23.8. The molecule has 3 aromatic carbocycles. The molecule has 0 saturated carbocycles. The van der Waals surface area contributed by atoms with Crippen LogP contribution in [-0.4, -0.2) is 72.2 Å². The van der Waals surface area contributed by atoms with Crippen molar-refractivity contribution in [2.75, 3.05) is 38.3 Å². The van der Waals surface area contributed by atoms with Crippen LogP contribution in [0.25, 0.3) is 22.3 Å². The number of aromatic hydroxyl groups is 1. The fourth-order valence-electron chi connectivity index (χ4n) is 5.48. The molecule has 0 unspecified atom stereocenters. The molecule has 1 saturated heterocycles. The topological polar surface area (TPSA) is 201 Å². The van der Waals surface area contributed by atoms with E-state index in [9.17, 15) is 24.8 Å². The lowest BCUT2D eigenvalue weighted by atomic mass is 9.91. The molecule has 4 aromatic rings. The largest absolute Gasteiger partial charge is 0.504 e. The number of nitriles is 2. The van der Waals surface area contributed by atoms with Crippen LogP contribution >= 0.6 is 0 Å². The van der Waals surface area contributed by atoms with E-state index in [1.807, 2.05) is 11.0 Å². The number of carbonyl (C=O) groups is 2. The van der Waals surface area contributed by atoms with Gasteiger partial charge in [0.1, 0.15) is 41.7 Å². The van der Waals surface area contributed by atoms with Crippen LogP contribution in [0.5, 0.6) is 17.2 Å². The number of hydroxylamine groups is 1. The van der Waals surface area contributed by atoms with E-state index < -0.39 is 11.7 Å². The number of methoxy groups -OCH3 is 1. The van der Waals surface area contributed by atoms with Gasteiger partial charge in [-0.25, -0.2) is 14.9 Å². The van der Waals surface area contributed by atoms with Gasteiger partial charge in [-0.1, -0.05) is 12.1 Å². The summed E-state index contributed by atoms with van der Waals surface area (Å²) in [6.45, 7) is 2.01. The van der Waals surface area contributed by atoms with Crippen LogP contribution in [0.1, 0.15) is 34.3 Å². The molecule has 0 radical (unpaired) electrons. The highest BCUT2D eigenvalue weighted by Gasteiger charge is 2.26. The monoisotopic (exact) mass is 668 g/mol. The van der Waals surface area contributed by atoms with Crippen LogP contribution < -0.4 is 25.2 Å². The second-order valence-corrected chi connectivity index (χ2v) is 10.7. The van der Waals surface area contributed by atoms with Gasteiger partial charge in [0.05, 0.1) is 12.7 Å². The van der Waals surface area contributed by atoms with Crippen molar-refractivity contribution in [3.05, 3.63) is 89.4 Å². The lowest BCUT2D eigenvalue weighted by Gasteiger charge is -2.34. The van der Waals surface area contributed by atoms with Crippen molar-refractivity contribution in [1.82, 2.24) is 15.8 Å². The van der Waals surface area contributed by atoms with Crippen LogP contribution in [0.4, 0.5) is 10.2 Å². The second-order valence-electron chi connectivity index (χ2n) is 10.7. The van der Waals surface area contributed by atoms with Crippen molar-refractivity contribution in [1.29, 1.82) is 10.5 Å². The number of piperidine rings is 1. The molecule has 0 spiro atoms. The number of hydrogen-bond donors (Lipinski definition) is 5. The Morgan fingerprint density at radius 3 is 2.37 bits per heavy atom. The summed E-state index contributed by atoms with van der Waals surface area (Å²) in [5.41, 5.74) is 4.00. The summed E-state index contributed by atoms with van der Waals surface area (Å²) in [6.07, 6.45) is 3.19. The zero-order valence-corrected chi connectivity index (χ0v) is 26.4. The van der Waals surface area contributed by atoms with Crippen LogP contribution in [-0.2, 0) is 4.79 Å². The lowest BCUT2D eigenvalue weighted by molar-refractivity contribution is -0.122. The molecular weight excluding hydrogens is 635 g/mol. The number of carbonyl (C=O) groups excluding carboxylic acids is 1. The van der Waals surface area contributed by atoms with Gasteiger partial charge < -0.3 is 29.9 Å². The number of pyridine rings is 1. The third-order valence-corrected chi connectivity index (χ3v) is 7.86.